The molecule has 1 N–H and O–H groups in total. The maximum absolute atomic E-state index is 9.62. The van der Waals surface area contributed by atoms with Gasteiger partial charge in [-0.1, -0.05) is 24.3 Å². The molecule has 0 bridgehead atoms. The lowest BCUT2D eigenvalue weighted by Crippen LogP contribution is -2.03. The Kier molecular flexibility index (Phi) is 1.60. The van der Waals surface area contributed by atoms with E-state index in [0.717, 1.165) is 11.1 Å². The van der Waals surface area contributed by atoms with E-state index in [1.807, 2.05) is 24.3 Å². The van der Waals surface area contributed by atoms with Crippen molar-refractivity contribution >= 4 is 0 Å². The first-order valence-corrected chi connectivity index (χ1v) is 3.98. The highest BCUT2D eigenvalue weighted by Crippen LogP contribution is 2.34. The van der Waals surface area contributed by atoms with Crippen molar-refractivity contribution < 1.29 is 5.11 Å². The predicted molar refractivity (Wildman–Crippen MR) is 44.2 cm³/mol. The maximum atomic E-state index is 9.62. The number of aliphatic hydroxyl groups excluding tert-OH is 1. The summed E-state index contributed by atoms with van der Waals surface area (Å²) in [7, 11) is 0. The first kappa shape index (κ1) is 7.33. The van der Waals surface area contributed by atoms with Crippen LogP contribution in [0.3, 0.4) is 0 Å². The van der Waals surface area contributed by atoms with E-state index >= 15 is 0 Å². The normalized spacial score (nSPS) is 26.3. The zero-order chi connectivity index (χ0) is 8.55. The number of nitriles is 1. The van der Waals surface area contributed by atoms with Gasteiger partial charge in [0.2, 0.25) is 0 Å². The lowest BCUT2D eigenvalue weighted by atomic mass is 10.1. The minimum Gasteiger partial charge on any atom is -0.387 e. The molecule has 1 aliphatic carbocycles. The standard InChI is InChI=1S/C10H9NO/c11-6-8-5-7-3-1-2-4-9(7)10(8)12/h1-4,8,10,12H,5H2/t8-,10+/m0/s1. The number of hydrogen-bond donors (Lipinski definition) is 1. The van der Waals surface area contributed by atoms with Crippen LogP contribution in [0.5, 0.6) is 0 Å². The highest BCUT2D eigenvalue weighted by atomic mass is 16.3. The van der Waals surface area contributed by atoms with Crippen molar-refractivity contribution in [3.8, 4) is 6.07 Å². The van der Waals surface area contributed by atoms with Crippen LogP contribution in [0, 0.1) is 17.2 Å². The van der Waals surface area contributed by atoms with Crippen LogP contribution in [0.1, 0.15) is 17.2 Å². The Hall–Kier alpha value is -1.33. The molecule has 0 aromatic heterocycles. The minimum absolute atomic E-state index is 0.248. The number of benzene rings is 1. The summed E-state index contributed by atoms with van der Waals surface area (Å²) in [5.41, 5.74) is 2.03. The number of nitrogens with zero attached hydrogens (tertiary/aromatic N) is 1. The summed E-state index contributed by atoms with van der Waals surface area (Å²) >= 11 is 0. The third-order valence-corrected chi connectivity index (χ3v) is 2.36. The molecule has 0 spiro atoms. The van der Waals surface area contributed by atoms with E-state index in [0.29, 0.717) is 6.42 Å². The number of rotatable bonds is 0. The molecule has 0 radical (unpaired) electrons. The van der Waals surface area contributed by atoms with Crippen LogP contribution in [-0.2, 0) is 6.42 Å². The molecule has 60 valence electrons. The fourth-order valence-corrected chi connectivity index (χ4v) is 1.69. The van der Waals surface area contributed by atoms with Crippen LogP contribution in [0.4, 0.5) is 0 Å². The monoisotopic (exact) mass is 159 g/mol. The largest absolute Gasteiger partial charge is 0.387 e. The quantitative estimate of drug-likeness (QED) is 0.622. The Bertz CT molecular complexity index is 340. The van der Waals surface area contributed by atoms with E-state index in [2.05, 4.69) is 6.07 Å². The Balaban J connectivity index is 2.44. The lowest BCUT2D eigenvalue weighted by Gasteiger charge is -2.05. The molecular formula is C10H9NO. The fourth-order valence-electron chi connectivity index (χ4n) is 1.69. The topological polar surface area (TPSA) is 44.0 Å². The molecule has 1 aromatic rings. The summed E-state index contributed by atoms with van der Waals surface area (Å²) in [6.07, 6.45) is 0.111. The van der Waals surface area contributed by atoms with Crippen LogP contribution in [0.2, 0.25) is 0 Å². The second-order valence-electron chi connectivity index (χ2n) is 3.08. The third-order valence-electron chi connectivity index (χ3n) is 2.36. The van der Waals surface area contributed by atoms with E-state index in [9.17, 15) is 5.11 Å². The highest BCUT2D eigenvalue weighted by molar-refractivity contribution is 5.36. The van der Waals surface area contributed by atoms with Crippen molar-refractivity contribution in [2.45, 2.75) is 12.5 Å². The van der Waals surface area contributed by atoms with Crippen molar-refractivity contribution in [2.75, 3.05) is 0 Å². The Morgan fingerprint density at radius 3 is 2.83 bits per heavy atom. The predicted octanol–water partition coefficient (Wildman–Crippen LogP) is 1.42. The summed E-state index contributed by atoms with van der Waals surface area (Å²) in [4.78, 5) is 0. The maximum Gasteiger partial charge on any atom is 0.0954 e. The average molecular weight is 159 g/mol. The summed E-state index contributed by atoms with van der Waals surface area (Å²) < 4.78 is 0. The molecule has 0 saturated heterocycles. The van der Waals surface area contributed by atoms with Gasteiger partial charge >= 0.3 is 0 Å². The van der Waals surface area contributed by atoms with Gasteiger partial charge in [-0.05, 0) is 17.5 Å². The Morgan fingerprint density at radius 2 is 2.17 bits per heavy atom. The van der Waals surface area contributed by atoms with Gasteiger partial charge in [0.05, 0.1) is 18.1 Å². The molecule has 0 unspecified atom stereocenters. The minimum atomic E-state index is -0.578. The van der Waals surface area contributed by atoms with E-state index in [-0.39, 0.29) is 5.92 Å². The van der Waals surface area contributed by atoms with E-state index < -0.39 is 6.10 Å². The molecule has 0 amide bonds. The molecule has 2 heteroatoms. The average Bonchev–Trinajstić information content (AvgIpc) is 2.44. The van der Waals surface area contributed by atoms with Gasteiger partial charge in [0.15, 0.2) is 0 Å². The molecule has 12 heavy (non-hydrogen) atoms. The smallest absolute Gasteiger partial charge is 0.0954 e. The molecule has 1 aromatic carbocycles. The lowest BCUT2D eigenvalue weighted by molar-refractivity contribution is 0.149. The molecule has 2 nitrogen and oxygen atoms in total. The summed E-state index contributed by atoms with van der Waals surface area (Å²) in [6.45, 7) is 0. The first-order chi connectivity index (χ1) is 5.83. The van der Waals surface area contributed by atoms with Crippen LogP contribution in [-0.4, -0.2) is 5.11 Å². The number of hydrogen-bond acceptors (Lipinski definition) is 2. The molecule has 2 rings (SSSR count). The van der Waals surface area contributed by atoms with Crippen molar-refractivity contribution in [3.05, 3.63) is 35.4 Å². The van der Waals surface area contributed by atoms with Crippen molar-refractivity contribution in [2.24, 2.45) is 5.92 Å². The first-order valence-electron chi connectivity index (χ1n) is 3.98. The van der Waals surface area contributed by atoms with E-state index in [1.165, 1.54) is 0 Å². The Morgan fingerprint density at radius 1 is 1.42 bits per heavy atom. The van der Waals surface area contributed by atoms with Gasteiger partial charge in [-0.25, -0.2) is 0 Å². The summed E-state index contributed by atoms with van der Waals surface area (Å²) in [5.74, 6) is -0.248. The van der Waals surface area contributed by atoms with Crippen molar-refractivity contribution in [3.63, 3.8) is 0 Å². The highest BCUT2D eigenvalue weighted by Gasteiger charge is 2.29. The van der Waals surface area contributed by atoms with Gasteiger partial charge in [-0.15, -0.1) is 0 Å². The van der Waals surface area contributed by atoms with Crippen LogP contribution in [0.25, 0.3) is 0 Å². The van der Waals surface area contributed by atoms with E-state index in [1.54, 1.807) is 0 Å². The van der Waals surface area contributed by atoms with Crippen LogP contribution in [0.15, 0.2) is 24.3 Å². The number of fused-ring (bicyclic) bond motifs is 1. The third kappa shape index (κ3) is 0.910. The zero-order valence-corrected chi connectivity index (χ0v) is 6.57. The Labute approximate surface area is 71.1 Å². The molecule has 0 saturated carbocycles. The van der Waals surface area contributed by atoms with E-state index in [4.69, 9.17) is 5.26 Å². The molecular weight excluding hydrogens is 150 g/mol. The fraction of sp³-hybridized carbons (Fsp3) is 0.300. The van der Waals surface area contributed by atoms with Crippen LogP contribution < -0.4 is 0 Å². The second-order valence-corrected chi connectivity index (χ2v) is 3.08. The van der Waals surface area contributed by atoms with Crippen molar-refractivity contribution in [1.82, 2.24) is 0 Å². The second kappa shape index (κ2) is 2.62. The van der Waals surface area contributed by atoms with Gasteiger partial charge < -0.3 is 5.11 Å². The van der Waals surface area contributed by atoms with Gasteiger partial charge in [0, 0.05) is 0 Å². The zero-order valence-electron chi connectivity index (χ0n) is 6.57. The molecule has 1 aliphatic rings. The molecule has 0 fully saturated rings. The van der Waals surface area contributed by atoms with Crippen molar-refractivity contribution in [1.29, 1.82) is 5.26 Å². The van der Waals surface area contributed by atoms with Gasteiger partial charge in [-0.2, -0.15) is 5.26 Å². The molecule has 0 aliphatic heterocycles. The SMILES string of the molecule is N#C[C@@H]1Cc2ccccc2[C@@H]1O. The number of aliphatic hydroxyl groups is 1. The molecule has 2 atom stereocenters. The molecule has 0 heterocycles. The van der Waals surface area contributed by atoms with Gasteiger partial charge in [0.25, 0.3) is 0 Å². The van der Waals surface area contributed by atoms with Crippen LogP contribution >= 0.6 is 0 Å². The summed E-state index contributed by atoms with van der Waals surface area (Å²) in [6, 6.07) is 9.79. The summed E-state index contributed by atoms with van der Waals surface area (Å²) in [5, 5.41) is 18.3. The van der Waals surface area contributed by atoms with Gasteiger partial charge in [-0.3, -0.25) is 0 Å². The van der Waals surface area contributed by atoms with Gasteiger partial charge in [0.1, 0.15) is 0 Å².